The number of H-pyrrole nitrogens is 1. The van der Waals surface area contributed by atoms with Gasteiger partial charge in [-0.1, -0.05) is 28.2 Å². The number of hydrogen-bond acceptors (Lipinski definition) is 5. The highest BCUT2D eigenvalue weighted by Gasteiger charge is 2.07. The van der Waals surface area contributed by atoms with Crippen molar-refractivity contribution >= 4 is 44.1 Å². The Kier molecular flexibility index (Phi) is 5.51. The van der Waals surface area contributed by atoms with Crippen LogP contribution < -0.4 is 11.1 Å². The van der Waals surface area contributed by atoms with Gasteiger partial charge in [-0.2, -0.15) is 5.10 Å². The van der Waals surface area contributed by atoms with Gasteiger partial charge in [-0.05, 0) is 24.3 Å². The van der Waals surface area contributed by atoms with E-state index in [0.717, 1.165) is 33.8 Å². The minimum absolute atomic E-state index is 0.220. The maximum absolute atomic E-state index is 11.3. The molecule has 2 rings (SSSR count). The Morgan fingerprint density at radius 2 is 2.35 bits per heavy atom. The molecule has 0 bridgehead atoms. The van der Waals surface area contributed by atoms with Crippen LogP contribution in [0, 0.1) is 0 Å². The fourth-order valence-electron chi connectivity index (χ4n) is 1.65. The first-order valence-electron chi connectivity index (χ1n) is 6.09. The Bertz CT molecular complexity index is 611. The highest BCUT2D eigenvalue weighted by atomic mass is 33.1. The van der Waals surface area contributed by atoms with E-state index in [1.165, 1.54) is 6.08 Å². The van der Waals surface area contributed by atoms with Gasteiger partial charge in [-0.3, -0.25) is 9.89 Å². The molecule has 0 spiro atoms. The van der Waals surface area contributed by atoms with Crippen LogP contribution in [0.1, 0.15) is 5.69 Å². The summed E-state index contributed by atoms with van der Waals surface area (Å²) in [6, 6.07) is 5.63. The molecule has 0 unspecified atom stereocenters. The minimum atomic E-state index is -0.220. The molecule has 0 saturated heterocycles. The fraction of sp³-hybridized carbons (Fsp3) is 0.231. The monoisotopic (exact) mass is 308 g/mol. The molecule has 0 radical (unpaired) electrons. The number of benzene rings is 1. The molecule has 0 aliphatic heterocycles. The zero-order valence-corrected chi connectivity index (χ0v) is 12.5. The second-order valence-electron chi connectivity index (χ2n) is 4.00. The van der Waals surface area contributed by atoms with E-state index in [4.69, 9.17) is 5.73 Å². The number of fused-ring (bicyclic) bond motifs is 1. The number of anilines is 1. The molecular weight excluding hydrogens is 292 g/mol. The largest absolute Gasteiger partial charge is 0.330 e. The van der Waals surface area contributed by atoms with Crippen molar-refractivity contribution in [2.75, 3.05) is 17.6 Å². The Hall–Kier alpha value is -1.44. The topological polar surface area (TPSA) is 83.8 Å². The predicted octanol–water partition coefficient (Wildman–Crippen LogP) is 2.53. The molecule has 4 N–H and O–H groups in total. The van der Waals surface area contributed by atoms with Crippen molar-refractivity contribution in [3.63, 3.8) is 0 Å². The van der Waals surface area contributed by atoms with Crippen molar-refractivity contribution in [2.24, 2.45) is 5.73 Å². The predicted molar refractivity (Wildman–Crippen MR) is 87.7 cm³/mol. The lowest BCUT2D eigenvalue weighted by Crippen LogP contribution is -2.06. The fourth-order valence-corrected chi connectivity index (χ4v) is 3.53. The van der Waals surface area contributed by atoms with Gasteiger partial charge in [0, 0.05) is 29.1 Å². The van der Waals surface area contributed by atoms with Crippen molar-refractivity contribution < 1.29 is 4.79 Å². The molecule has 1 aromatic heterocycles. The normalized spacial score (nSPS) is 10.7. The molecule has 0 fully saturated rings. The lowest BCUT2D eigenvalue weighted by molar-refractivity contribution is -0.111. The van der Waals surface area contributed by atoms with Gasteiger partial charge in [0.1, 0.15) is 0 Å². The van der Waals surface area contributed by atoms with Crippen LogP contribution in [0.3, 0.4) is 0 Å². The van der Waals surface area contributed by atoms with Crippen molar-refractivity contribution in [3.8, 4) is 0 Å². The first-order valence-corrected chi connectivity index (χ1v) is 8.58. The van der Waals surface area contributed by atoms with Crippen LogP contribution in [-0.4, -0.2) is 28.4 Å². The van der Waals surface area contributed by atoms with E-state index in [2.05, 4.69) is 22.1 Å². The lowest BCUT2D eigenvalue weighted by atomic mass is 10.2. The number of carbonyl (C=O) groups is 1. The van der Waals surface area contributed by atoms with E-state index >= 15 is 0 Å². The van der Waals surface area contributed by atoms with Crippen molar-refractivity contribution in [1.29, 1.82) is 0 Å². The number of amides is 1. The third-order valence-electron chi connectivity index (χ3n) is 2.57. The summed E-state index contributed by atoms with van der Waals surface area (Å²) < 4.78 is 0. The third kappa shape index (κ3) is 3.78. The molecule has 7 heteroatoms. The van der Waals surface area contributed by atoms with Crippen molar-refractivity contribution in [1.82, 2.24) is 10.2 Å². The van der Waals surface area contributed by atoms with Gasteiger partial charge in [0.05, 0.1) is 11.2 Å². The number of carbonyl (C=O) groups excluding carboxylic acids is 1. The zero-order chi connectivity index (χ0) is 14.4. The maximum atomic E-state index is 11.3. The van der Waals surface area contributed by atoms with Crippen LogP contribution in [0.5, 0.6) is 0 Å². The minimum Gasteiger partial charge on any atom is -0.330 e. The van der Waals surface area contributed by atoms with Crippen molar-refractivity contribution in [2.45, 2.75) is 5.75 Å². The van der Waals surface area contributed by atoms with Crippen LogP contribution in [0.2, 0.25) is 0 Å². The molecule has 20 heavy (non-hydrogen) atoms. The van der Waals surface area contributed by atoms with E-state index in [1.54, 1.807) is 21.6 Å². The number of rotatable bonds is 7. The molecule has 5 nitrogen and oxygen atoms in total. The second-order valence-corrected chi connectivity index (χ2v) is 6.58. The molecule has 2 aromatic rings. The average Bonchev–Trinajstić information content (AvgIpc) is 2.86. The van der Waals surface area contributed by atoms with Crippen LogP contribution in [0.25, 0.3) is 10.9 Å². The maximum Gasteiger partial charge on any atom is 0.247 e. The number of nitrogens with one attached hydrogen (secondary N) is 2. The van der Waals surface area contributed by atoms with Gasteiger partial charge >= 0.3 is 0 Å². The Labute approximate surface area is 125 Å². The standard InChI is InChI=1S/C13H16N4OS2/c1-2-13(18)15-9-3-4-11-10(7-9)12(17-16-11)8-20-19-6-5-14/h2-4,7H,1,5-6,8,14H2,(H,15,18)(H,16,17). The first-order chi connectivity index (χ1) is 9.74. The van der Waals surface area contributed by atoms with Crippen LogP contribution >= 0.6 is 21.6 Å². The molecule has 0 aliphatic rings. The molecule has 1 amide bonds. The quantitative estimate of drug-likeness (QED) is 0.416. The van der Waals surface area contributed by atoms with Gasteiger partial charge in [-0.15, -0.1) is 0 Å². The van der Waals surface area contributed by atoms with Gasteiger partial charge in [-0.25, -0.2) is 0 Å². The molecular formula is C13H16N4OS2. The summed E-state index contributed by atoms with van der Waals surface area (Å²) in [5, 5.41) is 11.1. The van der Waals surface area contributed by atoms with Gasteiger partial charge in [0.25, 0.3) is 0 Å². The summed E-state index contributed by atoms with van der Waals surface area (Å²) in [4.78, 5) is 11.3. The molecule has 1 aromatic carbocycles. The first kappa shape index (κ1) is 15.0. The number of nitrogens with two attached hydrogens (primary N) is 1. The van der Waals surface area contributed by atoms with Crippen LogP contribution in [0.15, 0.2) is 30.9 Å². The summed E-state index contributed by atoms with van der Waals surface area (Å²) in [6.45, 7) is 4.12. The van der Waals surface area contributed by atoms with E-state index in [9.17, 15) is 4.79 Å². The van der Waals surface area contributed by atoms with Gasteiger partial charge in [0.15, 0.2) is 0 Å². The average molecular weight is 308 g/mol. The Morgan fingerprint density at radius 1 is 1.50 bits per heavy atom. The molecule has 0 atom stereocenters. The van der Waals surface area contributed by atoms with Gasteiger partial charge < -0.3 is 11.1 Å². The van der Waals surface area contributed by atoms with E-state index < -0.39 is 0 Å². The summed E-state index contributed by atoms with van der Waals surface area (Å²) >= 11 is 0. The summed E-state index contributed by atoms with van der Waals surface area (Å²) in [5.74, 6) is 1.53. The highest BCUT2D eigenvalue weighted by molar-refractivity contribution is 8.76. The SMILES string of the molecule is C=CC(=O)Nc1ccc2n[nH]c(CSSCCN)c2c1. The molecule has 1 heterocycles. The second kappa shape index (κ2) is 7.37. The number of aromatic amines is 1. The smallest absolute Gasteiger partial charge is 0.247 e. The van der Waals surface area contributed by atoms with E-state index in [-0.39, 0.29) is 5.91 Å². The summed E-state index contributed by atoms with van der Waals surface area (Å²) in [7, 11) is 3.48. The summed E-state index contributed by atoms with van der Waals surface area (Å²) in [5.41, 5.74) is 8.13. The number of hydrogen-bond donors (Lipinski definition) is 3. The molecule has 0 aliphatic carbocycles. The van der Waals surface area contributed by atoms with Crippen molar-refractivity contribution in [3.05, 3.63) is 36.5 Å². The van der Waals surface area contributed by atoms with Crippen LogP contribution in [0.4, 0.5) is 5.69 Å². The number of nitrogens with zero attached hydrogens (tertiary/aromatic N) is 1. The molecule has 0 saturated carbocycles. The van der Waals surface area contributed by atoms with E-state index in [1.807, 2.05) is 18.2 Å². The van der Waals surface area contributed by atoms with Crippen LogP contribution in [-0.2, 0) is 10.5 Å². The number of aromatic nitrogens is 2. The molecule has 106 valence electrons. The Balaban J connectivity index is 2.12. The summed E-state index contributed by atoms with van der Waals surface area (Å²) in [6.07, 6.45) is 1.25. The highest BCUT2D eigenvalue weighted by Crippen LogP contribution is 2.29. The third-order valence-corrected chi connectivity index (χ3v) is 4.90. The zero-order valence-electron chi connectivity index (χ0n) is 10.9. The van der Waals surface area contributed by atoms with E-state index in [0.29, 0.717) is 6.54 Å². The lowest BCUT2D eigenvalue weighted by Gasteiger charge is -2.03. The van der Waals surface area contributed by atoms with Gasteiger partial charge in [0.2, 0.25) is 5.91 Å². The Morgan fingerprint density at radius 3 is 3.10 bits per heavy atom.